The number of esters is 1. The van der Waals surface area contributed by atoms with Crippen molar-refractivity contribution in [3.05, 3.63) is 80.1 Å². The second kappa shape index (κ2) is 27.4. The van der Waals surface area contributed by atoms with Gasteiger partial charge in [0.2, 0.25) is 23.6 Å². The van der Waals surface area contributed by atoms with E-state index in [2.05, 4.69) is 36.6 Å². The first-order valence-corrected chi connectivity index (χ1v) is 24.9. The summed E-state index contributed by atoms with van der Waals surface area (Å²) >= 11 is 4.84. The van der Waals surface area contributed by atoms with Crippen LogP contribution in [0.25, 0.3) is 22.3 Å². The van der Waals surface area contributed by atoms with Gasteiger partial charge >= 0.3 is 5.97 Å². The number of nitrogens with zero attached hydrogens (tertiary/aromatic N) is 4. The van der Waals surface area contributed by atoms with E-state index in [-0.39, 0.29) is 125 Å². The molecule has 0 unspecified atom stereocenters. The fourth-order valence-electron chi connectivity index (χ4n) is 8.77. The van der Waals surface area contributed by atoms with E-state index in [0.717, 1.165) is 16.5 Å². The largest absolute Gasteiger partial charge is 0.740 e. The minimum atomic E-state index is -1.99. The molecule has 5 amide bonds. The van der Waals surface area contributed by atoms with Gasteiger partial charge in [-0.1, -0.05) is 27.2 Å². The van der Waals surface area contributed by atoms with Crippen LogP contribution in [-0.4, -0.2) is 105 Å². The Bertz CT molecular complexity index is 2730. The number of ether oxygens (including phenoxy) is 2. The van der Waals surface area contributed by atoms with Gasteiger partial charge in [0, 0.05) is 98.3 Å². The van der Waals surface area contributed by atoms with Crippen molar-refractivity contribution in [1.82, 2.24) is 46.1 Å². The predicted octanol–water partition coefficient (Wildman–Crippen LogP) is 2.50. The Morgan fingerprint density at radius 2 is 1.70 bits per heavy atom. The van der Waals surface area contributed by atoms with Crippen molar-refractivity contribution in [2.24, 2.45) is 11.7 Å². The minimum Gasteiger partial charge on any atom is -0.740 e. The monoisotopic (exact) mass is 1170 g/mol. The van der Waals surface area contributed by atoms with Crippen LogP contribution < -0.4 is 37.9 Å². The van der Waals surface area contributed by atoms with Crippen molar-refractivity contribution in [3.63, 3.8) is 0 Å². The van der Waals surface area contributed by atoms with E-state index in [4.69, 9.17) is 32.8 Å². The smallest absolute Gasteiger partial charge is 0.343 e. The van der Waals surface area contributed by atoms with Crippen LogP contribution in [0.1, 0.15) is 123 Å². The number of pyridine rings is 2. The molecule has 3 aromatic heterocycles. The van der Waals surface area contributed by atoms with Crippen LogP contribution in [0.3, 0.4) is 0 Å². The average Bonchev–Trinajstić information content (AvgIpc) is 3.72. The van der Waals surface area contributed by atoms with Crippen LogP contribution in [0, 0.1) is 57.3 Å². The molecule has 8 N–H and O–H groups in total. The number of cyclic esters (lactones) is 1. The number of aromatic nitrogens is 4. The summed E-state index contributed by atoms with van der Waals surface area (Å²) in [4.78, 5) is 104. The Balaban J connectivity index is 0.00000988. The molecule has 2 aliphatic heterocycles. The van der Waals surface area contributed by atoms with E-state index in [9.17, 15) is 43.1 Å². The number of amides is 5. The average molecular weight is 1180 g/mol. The number of fused-ring (bicyclic) bond motifs is 5. The minimum absolute atomic E-state index is 0. The van der Waals surface area contributed by atoms with Crippen molar-refractivity contribution >= 4 is 59.0 Å². The molecule has 3 atom stereocenters. The van der Waals surface area contributed by atoms with Gasteiger partial charge in [0.1, 0.15) is 31.2 Å². The van der Waals surface area contributed by atoms with Gasteiger partial charge in [-0.05, 0) is 100 Å². The molecule has 0 saturated carbocycles. The molecule has 23 heteroatoms. The maximum atomic E-state index is 14.9. The van der Waals surface area contributed by atoms with Crippen molar-refractivity contribution in [1.29, 1.82) is 0 Å². The van der Waals surface area contributed by atoms with E-state index >= 15 is 0 Å². The van der Waals surface area contributed by atoms with E-state index in [1.807, 2.05) is 0 Å². The molecular weight excluding hydrogens is 1110 g/mol. The SMILES string of the molecule is CC[C@]1(O)C(=O)OCc2c1cc1n(c2=O)Cc2c-1nc1cc(F)c(C)cc1c2CCCCOCNC(=O)CNC(=O)[C@H](CCCCN)NC(=O)[C@@H](NC(=O)CCCCCNC(=O)c1cnc([S-])nc1)C(C)C.[Tb]. The molecule has 0 bridgehead atoms. The zero-order valence-corrected chi connectivity index (χ0v) is 44.4. The van der Waals surface area contributed by atoms with Crippen LogP contribution in [0.2, 0.25) is 0 Å². The fourth-order valence-corrected chi connectivity index (χ4v) is 8.87. The molecule has 1 radical (unpaired) electrons. The maximum Gasteiger partial charge on any atom is 0.343 e. The Morgan fingerprint density at radius 1 is 0.945 bits per heavy atom. The number of hydrogen-bond donors (Lipinski definition) is 7. The number of nitrogens with two attached hydrogens (primary N) is 1. The van der Waals surface area contributed by atoms with Crippen molar-refractivity contribution in [2.75, 3.05) is 33.0 Å². The van der Waals surface area contributed by atoms with Crippen molar-refractivity contribution < 1.29 is 86.3 Å². The number of carbonyl (C=O) groups excluding carboxylic acids is 6. The van der Waals surface area contributed by atoms with Gasteiger partial charge in [-0.3, -0.25) is 38.7 Å². The molecule has 73 heavy (non-hydrogen) atoms. The topological polar surface area (TPSA) is 288 Å². The summed E-state index contributed by atoms with van der Waals surface area (Å²) in [5.74, 6) is -3.84. The number of hydrogen-bond acceptors (Lipinski definition) is 15. The number of carbonyl (C=O) groups is 6. The molecular formula is C50H64FN10O10STb-. The molecule has 0 saturated heterocycles. The molecule has 397 valence electrons. The molecule has 2 aliphatic rings. The molecule has 0 aliphatic carbocycles. The first kappa shape index (κ1) is 58.7. The van der Waals surface area contributed by atoms with E-state index in [1.165, 1.54) is 18.5 Å². The summed E-state index contributed by atoms with van der Waals surface area (Å²) in [5, 5.41) is 25.7. The Labute approximate surface area is 458 Å². The zero-order valence-electron chi connectivity index (χ0n) is 41.5. The fraction of sp³-hybridized carbons (Fsp3) is 0.520. The molecule has 5 heterocycles. The van der Waals surface area contributed by atoms with Crippen LogP contribution in [-0.2, 0) is 71.2 Å². The van der Waals surface area contributed by atoms with Crippen molar-refractivity contribution in [2.45, 2.75) is 134 Å². The number of halogens is 1. The zero-order chi connectivity index (χ0) is 52.1. The van der Waals surface area contributed by atoms with E-state index < -0.39 is 52.8 Å². The third kappa shape index (κ3) is 14.8. The van der Waals surface area contributed by atoms with Gasteiger partial charge in [-0.25, -0.2) is 14.2 Å². The maximum absolute atomic E-state index is 14.9. The van der Waals surface area contributed by atoms with Gasteiger partial charge in [-0.2, -0.15) is 0 Å². The Kier molecular flexibility index (Phi) is 22.0. The first-order valence-electron chi connectivity index (χ1n) is 24.4. The van der Waals surface area contributed by atoms with Gasteiger partial charge in [0.15, 0.2) is 5.60 Å². The third-order valence-electron chi connectivity index (χ3n) is 12.9. The second-order valence-electron chi connectivity index (χ2n) is 18.4. The van der Waals surface area contributed by atoms with Crippen LogP contribution in [0.15, 0.2) is 40.5 Å². The summed E-state index contributed by atoms with van der Waals surface area (Å²) < 4.78 is 27.4. The third-order valence-corrected chi connectivity index (χ3v) is 13.2. The van der Waals surface area contributed by atoms with Crippen LogP contribution in [0.5, 0.6) is 0 Å². The molecule has 20 nitrogen and oxygen atoms in total. The summed E-state index contributed by atoms with van der Waals surface area (Å²) in [6.45, 7) is 7.32. The van der Waals surface area contributed by atoms with Crippen LogP contribution in [0.4, 0.5) is 4.39 Å². The molecule has 1 aromatic carbocycles. The van der Waals surface area contributed by atoms with Gasteiger partial charge in [0.25, 0.3) is 11.5 Å². The van der Waals surface area contributed by atoms with Crippen molar-refractivity contribution in [3.8, 4) is 11.4 Å². The summed E-state index contributed by atoms with van der Waals surface area (Å²) in [5.41, 5.74) is 7.43. The summed E-state index contributed by atoms with van der Waals surface area (Å²) in [7, 11) is 0. The number of unbranched alkanes of at least 4 members (excludes halogenated alkanes) is 4. The summed E-state index contributed by atoms with van der Waals surface area (Å²) in [6, 6.07) is 2.82. The summed E-state index contributed by atoms with van der Waals surface area (Å²) in [6.07, 6.45) is 7.77. The normalized spacial score (nSPS) is 15.3. The predicted molar refractivity (Wildman–Crippen MR) is 264 cm³/mol. The van der Waals surface area contributed by atoms with E-state index in [1.54, 1.807) is 44.4 Å². The molecule has 4 aromatic rings. The van der Waals surface area contributed by atoms with Gasteiger partial charge in [0.05, 0.1) is 41.1 Å². The number of rotatable bonds is 26. The van der Waals surface area contributed by atoms with Gasteiger partial charge < -0.3 is 64.1 Å². The van der Waals surface area contributed by atoms with Crippen LogP contribution >= 0.6 is 0 Å². The number of aliphatic hydroxyl groups is 1. The number of aryl methyl sites for hydroxylation is 2. The molecule has 0 spiro atoms. The Hall–Kier alpha value is -5.20. The number of nitrogens with one attached hydrogen (secondary N) is 5. The molecule has 6 rings (SSSR count). The first-order chi connectivity index (χ1) is 34.5. The standard InChI is InChI=1S/C50H65FN10O10S.Tb/c1-5-50(69)35-20-39-43-33(25-61(39)47(67)34(35)26-71-48(50)68)31(32-19-29(4)36(51)21-38(32)58-43)13-9-12-18-70-27-57-41(63)24-54-45(65)37(14-8-10-16-52)59-46(66)42(28(2)3)60-40(62)15-7-6-11-17-53-44(64)30-22-55-49(72)56-23-30;/h19-23,28,37,42,69H,5-18,24-27,52H2,1-4H3,(H,53,64)(H,54,65)(H,57,63)(H,59,66)(H,60,62)(H,55,56,72);/p-1/t37-,42-,50+;/m0./s1. The quantitative estimate of drug-likeness (QED) is 0.0138. The molecule has 0 fully saturated rings. The second-order valence-corrected chi connectivity index (χ2v) is 18.8. The van der Waals surface area contributed by atoms with E-state index in [0.29, 0.717) is 92.5 Å². The Morgan fingerprint density at radius 3 is 2.41 bits per heavy atom. The number of benzene rings is 1. The van der Waals surface area contributed by atoms with Gasteiger partial charge in [-0.15, -0.1) is 0 Å².